The van der Waals surface area contributed by atoms with Crippen LogP contribution in [0.1, 0.15) is 25.8 Å². The lowest BCUT2D eigenvalue weighted by Crippen LogP contribution is -2.32. The number of ether oxygens (including phenoxy) is 2. The van der Waals surface area contributed by atoms with Gasteiger partial charge in [0.25, 0.3) is 0 Å². The minimum atomic E-state index is 0.468. The second-order valence-corrected chi connectivity index (χ2v) is 4.05. The Hall–Kier alpha value is -1.91. The van der Waals surface area contributed by atoms with Crippen molar-refractivity contribution >= 4 is 5.96 Å². The molecule has 0 saturated heterocycles. The van der Waals surface area contributed by atoms with Crippen LogP contribution < -0.4 is 20.5 Å². The molecule has 0 saturated carbocycles. The first-order valence-corrected chi connectivity index (χ1v) is 6.54. The van der Waals surface area contributed by atoms with Crippen molar-refractivity contribution in [2.75, 3.05) is 20.3 Å². The Morgan fingerprint density at radius 3 is 2.74 bits per heavy atom. The van der Waals surface area contributed by atoms with Crippen molar-refractivity contribution in [2.45, 2.75) is 26.8 Å². The Labute approximate surface area is 114 Å². The molecule has 5 nitrogen and oxygen atoms in total. The maximum absolute atomic E-state index is 5.74. The van der Waals surface area contributed by atoms with Gasteiger partial charge in [0.1, 0.15) is 0 Å². The summed E-state index contributed by atoms with van der Waals surface area (Å²) in [5, 5.41) is 3.04. The van der Waals surface area contributed by atoms with Crippen LogP contribution in [0.5, 0.6) is 11.5 Å². The molecule has 0 amide bonds. The van der Waals surface area contributed by atoms with Crippen LogP contribution in [-0.4, -0.2) is 26.2 Å². The van der Waals surface area contributed by atoms with Gasteiger partial charge in [-0.15, -0.1) is 0 Å². The van der Waals surface area contributed by atoms with E-state index in [1.807, 2.05) is 25.1 Å². The van der Waals surface area contributed by atoms with Crippen LogP contribution in [0, 0.1) is 0 Å². The summed E-state index contributed by atoms with van der Waals surface area (Å²) in [7, 11) is 1.63. The average molecular weight is 265 g/mol. The molecule has 0 atom stereocenters. The van der Waals surface area contributed by atoms with Crippen LogP contribution in [0.4, 0.5) is 0 Å². The van der Waals surface area contributed by atoms with E-state index in [2.05, 4.69) is 17.2 Å². The van der Waals surface area contributed by atoms with Gasteiger partial charge in [-0.2, -0.15) is 0 Å². The molecule has 1 aromatic rings. The first-order chi connectivity index (χ1) is 9.21. The average Bonchev–Trinajstić information content (AvgIpc) is 2.43. The molecule has 0 aliphatic carbocycles. The van der Waals surface area contributed by atoms with Crippen LogP contribution in [0.15, 0.2) is 23.2 Å². The fourth-order valence-electron chi connectivity index (χ4n) is 1.57. The second kappa shape index (κ2) is 8.24. The summed E-state index contributed by atoms with van der Waals surface area (Å²) in [6.07, 6.45) is 1.02. The highest BCUT2D eigenvalue weighted by atomic mass is 16.5. The van der Waals surface area contributed by atoms with E-state index >= 15 is 0 Å². The van der Waals surface area contributed by atoms with Gasteiger partial charge in [-0.1, -0.05) is 13.0 Å². The Kier molecular flexibility index (Phi) is 6.57. The standard InChI is InChI=1S/C14H23N3O2/c1-4-8-16-14(15)17-10-11-6-7-12(18-3)13(9-11)19-5-2/h6-7,9H,4-5,8,10H2,1-3H3,(H3,15,16,17). The fraction of sp³-hybridized carbons (Fsp3) is 0.500. The summed E-state index contributed by atoms with van der Waals surface area (Å²) >= 11 is 0. The molecular formula is C14H23N3O2. The predicted molar refractivity (Wildman–Crippen MR) is 77.8 cm³/mol. The predicted octanol–water partition coefficient (Wildman–Crippen LogP) is 1.91. The highest BCUT2D eigenvalue weighted by Crippen LogP contribution is 2.28. The topological polar surface area (TPSA) is 68.9 Å². The van der Waals surface area contributed by atoms with Crippen molar-refractivity contribution in [2.24, 2.45) is 10.7 Å². The van der Waals surface area contributed by atoms with E-state index in [1.165, 1.54) is 0 Å². The lowest BCUT2D eigenvalue weighted by Gasteiger charge is -2.10. The smallest absolute Gasteiger partial charge is 0.188 e. The van der Waals surface area contributed by atoms with E-state index in [0.29, 0.717) is 19.1 Å². The molecular weight excluding hydrogens is 242 g/mol. The summed E-state index contributed by atoms with van der Waals surface area (Å²) in [4.78, 5) is 4.28. The summed E-state index contributed by atoms with van der Waals surface area (Å²) < 4.78 is 10.8. The highest BCUT2D eigenvalue weighted by Gasteiger charge is 2.05. The summed E-state index contributed by atoms with van der Waals surface area (Å²) in [5.41, 5.74) is 6.78. The molecule has 0 heterocycles. The van der Waals surface area contributed by atoms with E-state index in [4.69, 9.17) is 15.2 Å². The zero-order valence-electron chi connectivity index (χ0n) is 11.9. The molecule has 5 heteroatoms. The molecule has 19 heavy (non-hydrogen) atoms. The van der Waals surface area contributed by atoms with E-state index in [-0.39, 0.29) is 0 Å². The lowest BCUT2D eigenvalue weighted by atomic mass is 10.2. The SMILES string of the molecule is CCCNC(N)=NCc1ccc(OC)c(OCC)c1. The Bertz CT molecular complexity index is 419. The first-order valence-electron chi connectivity index (χ1n) is 6.54. The van der Waals surface area contributed by atoms with Crippen molar-refractivity contribution in [3.05, 3.63) is 23.8 Å². The largest absolute Gasteiger partial charge is 0.493 e. The molecule has 106 valence electrons. The molecule has 0 aliphatic rings. The normalized spacial score (nSPS) is 11.2. The molecule has 1 rings (SSSR count). The molecule has 0 aliphatic heterocycles. The van der Waals surface area contributed by atoms with Gasteiger partial charge in [-0.25, -0.2) is 4.99 Å². The number of guanidine groups is 1. The second-order valence-electron chi connectivity index (χ2n) is 4.05. The monoisotopic (exact) mass is 265 g/mol. The van der Waals surface area contributed by atoms with Gasteiger partial charge in [0.2, 0.25) is 0 Å². The first kappa shape index (κ1) is 15.1. The number of hydrogen-bond donors (Lipinski definition) is 2. The maximum atomic E-state index is 5.74. The number of benzene rings is 1. The van der Waals surface area contributed by atoms with Crippen LogP contribution in [0.2, 0.25) is 0 Å². The van der Waals surface area contributed by atoms with Crippen molar-refractivity contribution in [1.29, 1.82) is 0 Å². The summed E-state index contributed by atoms with van der Waals surface area (Å²) in [5.74, 6) is 1.93. The van der Waals surface area contributed by atoms with Crippen molar-refractivity contribution in [3.63, 3.8) is 0 Å². The summed E-state index contributed by atoms with van der Waals surface area (Å²) in [6, 6.07) is 5.77. The number of rotatable bonds is 7. The molecule has 0 aromatic heterocycles. The van der Waals surface area contributed by atoms with E-state index in [1.54, 1.807) is 7.11 Å². The van der Waals surface area contributed by atoms with Gasteiger partial charge in [-0.05, 0) is 31.0 Å². The number of nitrogens with two attached hydrogens (primary N) is 1. The van der Waals surface area contributed by atoms with Gasteiger partial charge < -0.3 is 20.5 Å². The van der Waals surface area contributed by atoms with Gasteiger partial charge in [0.05, 0.1) is 20.3 Å². The van der Waals surface area contributed by atoms with Crippen LogP contribution in [0.25, 0.3) is 0 Å². The quantitative estimate of drug-likeness (QED) is 0.583. The van der Waals surface area contributed by atoms with E-state index < -0.39 is 0 Å². The molecule has 3 N–H and O–H groups in total. The molecule has 1 aromatic carbocycles. The summed E-state index contributed by atoms with van der Waals surface area (Å²) in [6.45, 7) is 5.98. The van der Waals surface area contributed by atoms with E-state index in [0.717, 1.165) is 30.0 Å². The molecule has 0 unspecified atom stereocenters. The number of nitrogens with one attached hydrogen (secondary N) is 1. The Morgan fingerprint density at radius 1 is 1.32 bits per heavy atom. The minimum Gasteiger partial charge on any atom is -0.493 e. The van der Waals surface area contributed by atoms with Crippen molar-refractivity contribution in [1.82, 2.24) is 5.32 Å². The lowest BCUT2D eigenvalue weighted by molar-refractivity contribution is 0.310. The van der Waals surface area contributed by atoms with Gasteiger partial charge >= 0.3 is 0 Å². The van der Waals surface area contributed by atoms with Gasteiger partial charge in [0.15, 0.2) is 17.5 Å². The number of nitrogens with zero attached hydrogens (tertiary/aromatic N) is 1. The van der Waals surface area contributed by atoms with Gasteiger partial charge in [0, 0.05) is 6.54 Å². The van der Waals surface area contributed by atoms with E-state index in [9.17, 15) is 0 Å². The Morgan fingerprint density at radius 2 is 2.11 bits per heavy atom. The van der Waals surface area contributed by atoms with Crippen LogP contribution >= 0.6 is 0 Å². The third kappa shape index (κ3) is 5.07. The van der Waals surface area contributed by atoms with Crippen molar-refractivity contribution in [3.8, 4) is 11.5 Å². The zero-order valence-corrected chi connectivity index (χ0v) is 11.9. The third-order valence-corrected chi connectivity index (χ3v) is 2.52. The minimum absolute atomic E-state index is 0.468. The molecule has 0 radical (unpaired) electrons. The number of hydrogen-bond acceptors (Lipinski definition) is 3. The molecule has 0 bridgehead atoms. The van der Waals surface area contributed by atoms with Crippen LogP contribution in [-0.2, 0) is 6.54 Å². The highest BCUT2D eigenvalue weighted by molar-refractivity contribution is 5.77. The van der Waals surface area contributed by atoms with Gasteiger partial charge in [-0.3, -0.25) is 0 Å². The molecule has 0 fully saturated rings. The Balaban J connectivity index is 2.70. The maximum Gasteiger partial charge on any atom is 0.188 e. The molecule has 0 spiro atoms. The fourth-order valence-corrected chi connectivity index (χ4v) is 1.57. The number of methoxy groups -OCH3 is 1. The zero-order chi connectivity index (χ0) is 14.1. The number of aliphatic imine (C=N–C) groups is 1. The van der Waals surface area contributed by atoms with Crippen molar-refractivity contribution < 1.29 is 9.47 Å². The third-order valence-electron chi connectivity index (χ3n) is 2.52. The van der Waals surface area contributed by atoms with Crippen LogP contribution in [0.3, 0.4) is 0 Å².